The van der Waals surface area contributed by atoms with Crippen LogP contribution in [0, 0.1) is 6.92 Å². The molecule has 0 aliphatic carbocycles. The first-order valence-electron chi connectivity index (χ1n) is 9.67. The van der Waals surface area contributed by atoms with Crippen LogP contribution >= 0.6 is 11.3 Å². The predicted octanol–water partition coefficient (Wildman–Crippen LogP) is 5.75. The summed E-state index contributed by atoms with van der Waals surface area (Å²) < 4.78 is 0. The van der Waals surface area contributed by atoms with Gasteiger partial charge in [0.25, 0.3) is 0 Å². The Kier molecular flexibility index (Phi) is 6.15. The van der Waals surface area contributed by atoms with Crippen molar-refractivity contribution in [3.05, 3.63) is 101 Å². The SMILES string of the molecule is Cc1ccsc1-c1cccc(NC(=O)N(Cc2ccncc2)Cc2cccnc2)c1. The molecule has 150 valence electrons. The van der Waals surface area contributed by atoms with Crippen molar-refractivity contribution in [3.63, 3.8) is 0 Å². The molecule has 0 radical (unpaired) electrons. The highest BCUT2D eigenvalue weighted by atomic mass is 32.1. The third-order valence-electron chi connectivity index (χ3n) is 4.74. The molecule has 0 aliphatic rings. The third kappa shape index (κ3) is 4.90. The predicted molar refractivity (Wildman–Crippen MR) is 121 cm³/mol. The van der Waals surface area contributed by atoms with Crippen molar-refractivity contribution in [2.45, 2.75) is 20.0 Å². The second kappa shape index (κ2) is 9.33. The van der Waals surface area contributed by atoms with Crippen molar-refractivity contribution in [1.29, 1.82) is 0 Å². The summed E-state index contributed by atoms with van der Waals surface area (Å²) in [6.45, 7) is 3.04. The second-order valence-corrected chi connectivity index (χ2v) is 7.93. The number of rotatable bonds is 6. The zero-order valence-corrected chi connectivity index (χ0v) is 17.5. The van der Waals surface area contributed by atoms with Gasteiger partial charge >= 0.3 is 6.03 Å². The lowest BCUT2D eigenvalue weighted by atomic mass is 10.1. The van der Waals surface area contributed by atoms with Crippen LogP contribution < -0.4 is 5.32 Å². The van der Waals surface area contributed by atoms with Gasteiger partial charge in [-0.1, -0.05) is 18.2 Å². The molecule has 6 heteroatoms. The molecule has 0 aliphatic heterocycles. The number of hydrogen-bond acceptors (Lipinski definition) is 4. The lowest BCUT2D eigenvalue weighted by Gasteiger charge is -2.23. The molecule has 0 spiro atoms. The van der Waals surface area contributed by atoms with Crippen molar-refractivity contribution in [3.8, 4) is 10.4 Å². The maximum absolute atomic E-state index is 13.2. The summed E-state index contributed by atoms with van der Waals surface area (Å²) in [6.07, 6.45) is 6.99. The molecule has 0 unspecified atom stereocenters. The largest absolute Gasteiger partial charge is 0.322 e. The smallest absolute Gasteiger partial charge is 0.316 e. The molecule has 4 rings (SSSR count). The Morgan fingerprint density at radius 1 is 0.967 bits per heavy atom. The van der Waals surface area contributed by atoms with E-state index in [0.717, 1.165) is 22.4 Å². The normalized spacial score (nSPS) is 10.6. The fourth-order valence-electron chi connectivity index (χ4n) is 3.23. The van der Waals surface area contributed by atoms with Gasteiger partial charge in [0.1, 0.15) is 0 Å². The van der Waals surface area contributed by atoms with E-state index in [9.17, 15) is 4.79 Å². The van der Waals surface area contributed by atoms with E-state index in [2.05, 4.69) is 39.7 Å². The first-order valence-corrected chi connectivity index (χ1v) is 10.6. The van der Waals surface area contributed by atoms with Gasteiger partial charge < -0.3 is 10.2 Å². The van der Waals surface area contributed by atoms with Gasteiger partial charge in [-0.2, -0.15) is 0 Å². The van der Waals surface area contributed by atoms with Crippen LogP contribution in [0.25, 0.3) is 10.4 Å². The summed E-state index contributed by atoms with van der Waals surface area (Å²) in [4.78, 5) is 24.4. The van der Waals surface area contributed by atoms with Crippen LogP contribution in [0.1, 0.15) is 16.7 Å². The standard InChI is InChI=1S/C24H22N4OS/c1-18-9-13-30-23(18)21-5-2-6-22(14-21)27-24(29)28(16-19-7-11-25-12-8-19)17-20-4-3-10-26-15-20/h2-15H,16-17H2,1H3,(H,27,29). The average molecular weight is 415 g/mol. The van der Waals surface area contributed by atoms with Crippen LogP contribution in [0.3, 0.4) is 0 Å². The molecule has 0 bridgehead atoms. The minimum absolute atomic E-state index is 0.157. The molecule has 1 N–H and O–H groups in total. The molecular weight excluding hydrogens is 392 g/mol. The Hall–Kier alpha value is -3.51. The number of pyridine rings is 2. The minimum atomic E-state index is -0.157. The van der Waals surface area contributed by atoms with E-state index in [0.29, 0.717) is 13.1 Å². The maximum atomic E-state index is 13.2. The fraction of sp³-hybridized carbons (Fsp3) is 0.125. The minimum Gasteiger partial charge on any atom is -0.316 e. The van der Waals surface area contributed by atoms with E-state index < -0.39 is 0 Å². The van der Waals surface area contributed by atoms with E-state index in [1.54, 1.807) is 41.0 Å². The molecule has 0 saturated carbocycles. The molecule has 1 aromatic carbocycles. The maximum Gasteiger partial charge on any atom is 0.322 e. The van der Waals surface area contributed by atoms with E-state index in [1.807, 2.05) is 42.5 Å². The summed E-state index contributed by atoms with van der Waals surface area (Å²) in [6, 6.07) is 17.6. The number of aryl methyl sites for hydroxylation is 1. The number of nitrogens with one attached hydrogen (secondary N) is 1. The first kappa shape index (κ1) is 19.8. The lowest BCUT2D eigenvalue weighted by molar-refractivity contribution is 0.206. The number of amides is 2. The van der Waals surface area contributed by atoms with Crippen LogP contribution in [0.4, 0.5) is 10.5 Å². The number of carbonyl (C=O) groups excluding carboxylic acids is 1. The van der Waals surface area contributed by atoms with Gasteiger partial charge in [-0.3, -0.25) is 9.97 Å². The number of anilines is 1. The van der Waals surface area contributed by atoms with Crippen LogP contribution in [-0.4, -0.2) is 20.9 Å². The Morgan fingerprint density at radius 2 is 1.80 bits per heavy atom. The molecular formula is C24H22N4OS. The average Bonchev–Trinajstić information content (AvgIpc) is 3.21. The van der Waals surface area contributed by atoms with Gasteiger partial charge in [0, 0.05) is 48.4 Å². The molecule has 3 heterocycles. The van der Waals surface area contributed by atoms with Crippen molar-refractivity contribution in [1.82, 2.24) is 14.9 Å². The molecule has 3 aromatic heterocycles. The summed E-state index contributed by atoms with van der Waals surface area (Å²) in [5, 5.41) is 5.14. The summed E-state index contributed by atoms with van der Waals surface area (Å²) in [5.41, 5.74) is 5.11. The number of benzene rings is 1. The molecule has 5 nitrogen and oxygen atoms in total. The Morgan fingerprint density at radius 3 is 2.53 bits per heavy atom. The van der Waals surface area contributed by atoms with Gasteiger partial charge in [0.05, 0.1) is 0 Å². The van der Waals surface area contributed by atoms with E-state index >= 15 is 0 Å². The van der Waals surface area contributed by atoms with Crippen LogP contribution in [0.2, 0.25) is 0 Å². The molecule has 0 saturated heterocycles. The highest BCUT2D eigenvalue weighted by molar-refractivity contribution is 7.13. The summed E-state index contributed by atoms with van der Waals surface area (Å²) in [7, 11) is 0. The van der Waals surface area contributed by atoms with E-state index in [-0.39, 0.29) is 6.03 Å². The highest BCUT2D eigenvalue weighted by Crippen LogP contribution is 2.30. The second-order valence-electron chi connectivity index (χ2n) is 7.02. The van der Waals surface area contributed by atoms with Crippen molar-refractivity contribution in [2.24, 2.45) is 0 Å². The zero-order valence-electron chi connectivity index (χ0n) is 16.7. The number of urea groups is 1. The number of aromatic nitrogens is 2. The number of thiophene rings is 1. The van der Waals surface area contributed by atoms with Gasteiger partial charge in [-0.25, -0.2) is 4.79 Å². The third-order valence-corrected chi connectivity index (χ3v) is 5.81. The molecule has 2 amide bonds. The summed E-state index contributed by atoms with van der Waals surface area (Å²) >= 11 is 1.70. The van der Waals surface area contributed by atoms with Crippen molar-refractivity contribution >= 4 is 23.1 Å². The molecule has 4 aromatic rings. The highest BCUT2D eigenvalue weighted by Gasteiger charge is 2.16. The quantitative estimate of drug-likeness (QED) is 0.437. The molecule has 30 heavy (non-hydrogen) atoms. The Labute approximate surface area is 180 Å². The van der Waals surface area contributed by atoms with Crippen LogP contribution in [-0.2, 0) is 13.1 Å². The van der Waals surface area contributed by atoms with Gasteiger partial charge in [0.15, 0.2) is 0 Å². The fourth-order valence-corrected chi connectivity index (χ4v) is 4.15. The zero-order chi connectivity index (χ0) is 20.8. The first-order chi connectivity index (χ1) is 14.7. The van der Waals surface area contributed by atoms with Gasteiger partial charge in [0.2, 0.25) is 0 Å². The topological polar surface area (TPSA) is 58.1 Å². The number of hydrogen-bond donors (Lipinski definition) is 1. The van der Waals surface area contributed by atoms with Crippen molar-refractivity contribution in [2.75, 3.05) is 5.32 Å². The van der Waals surface area contributed by atoms with Crippen LogP contribution in [0.15, 0.2) is 84.8 Å². The van der Waals surface area contributed by atoms with Gasteiger partial charge in [-0.05, 0) is 71.0 Å². The monoisotopic (exact) mass is 414 g/mol. The molecule has 0 fully saturated rings. The Balaban J connectivity index is 1.55. The van der Waals surface area contributed by atoms with E-state index in [4.69, 9.17) is 0 Å². The van der Waals surface area contributed by atoms with Crippen LogP contribution in [0.5, 0.6) is 0 Å². The number of carbonyl (C=O) groups is 1. The van der Waals surface area contributed by atoms with Crippen molar-refractivity contribution < 1.29 is 4.79 Å². The van der Waals surface area contributed by atoms with E-state index in [1.165, 1.54) is 10.4 Å². The number of nitrogens with zero attached hydrogens (tertiary/aromatic N) is 3. The summed E-state index contributed by atoms with van der Waals surface area (Å²) in [5.74, 6) is 0. The lowest BCUT2D eigenvalue weighted by Crippen LogP contribution is -2.34. The Bertz CT molecular complexity index is 1070. The van der Waals surface area contributed by atoms with Gasteiger partial charge in [-0.15, -0.1) is 11.3 Å². The molecule has 0 atom stereocenters.